The van der Waals surface area contributed by atoms with E-state index in [1.54, 1.807) is 13.2 Å². The standard InChI is InChI=1S/C16H25FN2O/c1-3-13(18)9-14-15(17)5-4-6-16(14)19-8-7-12(10-19)11-20-2/h4-6,12-13H,3,7-11,18H2,1-2H3. The average Bonchev–Trinajstić information content (AvgIpc) is 2.89. The molecule has 0 aromatic heterocycles. The minimum Gasteiger partial charge on any atom is -0.384 e. The van der Waals surface area contributed by atoms with Crippen molar-refractivity contribution in [3.8, 4) is 0 Å². The molecule has 1 heterocycles. The number of anilines is 1. The Morgan fingerprint density at radius 1 is 1.50 bits per heavy atom. The van der Waals surface area contributed by atoms with E-state index in [0.29, 0.717) is 12.3 Å². The maximum absolute atomic E-state index is 14.1. The molecule has 2 unspecified atom stereocenters. The zero-order valence-corrected chi connectivity index (χ0v) is 12.4. The molecule has 1 aromatic carbocycles. The van der Waals surface area contributed by atoms with Gasteiger partial charge in [-0.2, -0.15) is 0 Å². The van der Waals surface area contributed by atoms with E-state index in [1.807, 2.05) is 13.0 Å². The molecule has 0 aliphatic carbocycles. The van der Waals surface area contributed by atoms with Crippen LogP contribution in [-0.2, 0) is 11.2 Å². The molecule has 112 valence electrons. The number of benzene rings is 1. The lowest BCUT2D eigenvalue weighted by Crippen LogP contribution is -2.26. The highest BCUT2D eigenvalue weighted by Gasteiger charge is 2.25. The lowest BCUT2D eigenvalue weighted by Gasteiger charge is -2.23. The summed E-state index contributed by atoms with van der Waals surface area (Å²) in [6, 6.07) is 5.35. The van der Waals surface area contributed by atoms with Crippen molar-refractivity contribution in [2.75, 3.05) is 31.7 Å². The summed E-state index contributed by atoms with van der Waals surface area (Å²) >= 11 is 0. The summed E-state index contributed by atoms with van der Waals surface area (Å²) < 4.78 is 19.4. The van der Waals surface area contributed by atoms with Crippen LogP contribution in [-0.4, -0.2) is 32.8 Å². The highest BCUT2D eigenvalue weighted by molar-refractivity contribution is 5.55. The first-order chi connectivity index (χ1) is 9.65. The van der Waals surface area contributed by atoms with Crippen LogP contribution in [0, 0.1) is 11.7 Å². The van der Waals surface area contributed by atoms with Crippen molar-refractivity contribution >= 4 is 5.69 Å². The van der Waals surface area contributed by atoms with Crippen LogP contribution in [0.5, 0.6) is 0 Å². The summed E-state index contributed by atoms with van der Waals surface area (Å²) in [7, 11) is 1.73. The Bertz CT molecular complexity index is 438. The Kier molecular flexibility index (Phi) is 5.38. The third kappa shape index (κ3) is 3.49. The minimum atomic E-state index is -0.137. The Labute approximate surface area is 120 Å². The second kappa shape index (κ2) is 7.04. The van der Waals surface area contributed by atoms with Gasteiger partial charge in [0.15, 0.2) is 0 Å². The fourth-order valence-electron chi connectivity index (χ4n) is 2.88. The van der Waals surface area contributed by atoms with Crippen molar-refractivity contribution in [1.82, 2.24) is 0 Å². The Morgan fingerprint density at radius 2 is 2.30 bits per heavy atom. The first-order valence-electron chi connectivity index (χ1n) is 7.42. The maximum atomic E-state index is 14.1. The highest BCUT2D eigenvalue weighted by Crippen LogP contribution is 2.29. The van der Waals surface area contributed by atoms with Crippen molar-refractivity contribution < 1.29 is 9.13 Å². The number of nitrogens with two attached hydrogens (primary N) is 1. The van der Waals surface area contributed by atoms with Crippen molar-refractivity contribution in [2.24, 2.45) is 11.7 Å². The number of rotatable bonds is 6. The topological polar surface area (TPSA) is 38.5 Å². The number of halogens is 1. The SMILES string of the molecule is CCC(N)Cc1c(F)cccc1N1CCC(COC)C1. The van der Waals surface area contributed by atoms with E-state index >= 15 is 0 Å². The molecule has 2 rings (SSSR count). The molecule has 0 bridgehead atoms. The van der Waals surface area contributed by atoms with Gasteiger partial charge >= 0.3 is 0 Å². The summed E-state index contributed by atoms with van der Waals surface area (Å²) in [6.07, 6.45) is 2.56. The van der Waals surface area contributed by atoms with Gasteiger partial charge in [-0.3, -0.25) is 0 Å². The van der Waals surface area contributed by atoms with Gasteiger partial charge in [0, 0.05) is 43.4 Å². The van der Waals surface area contributed by atoms with Gasteiger partial charge in [0.05, 0.1) is 6.61 Å². The summed E-state index contributed by atoms with van der Waals surface area (Å²) in [5.74, 6) is 0.401. The molecule has 1 saturated heterocycles. The molecular formula is C16H25FN2O. The van der Waals surface area contributed by atoms with Crippen LogP contribution >= 0.6 is 0 Å². The molecule has 20 heavy (non-hydrogen) atoms. The summed E-state index contributed by atoms with van der Waals surface area (Å²) in [4.78, 5) is 2.27. The van der Waals surface area contributed by atoms with Crippen LogP contribution < -0.4 is 10.6 Å². The predicted molar refractivity (Wildman–Crippen MR) is 80.6 cm³/mol. The molecule has 0 spiro atoms. The second-order valence-electron chi connectivity index (χ2n) is 5.67. The Hall–Kier alpha value is -1.13. The maximum Gasteiger partial charge on any atom is 0.128 e. The minimum absolute atomic E-state index is 0.0167. The quantitative estimate of drug-likeness (QED) is 0.870. The third-order valence-electron chi connectivity index (χ3n) is 4.11. The molecular weight excluding hydrogens is 255 g/mol. The van der Waals surface area contributed by atoms with Crippen molar-refractivity contribution in [1.29, 1.82) is 0 Å². The van der Waals surface area contributed by atoms with Gasteiger partial charge in [-0.15, -0.1) is 0 Å². The van der Waals surface area contributed by atoms with Crippen LogP contribution in [0.1, 0.15) is 25.3 Å². The third-order valence-corrected chi connectivity index (χ3v) is 4.11. The molecule has 0 radical (unpaired) electrons. The lowest BCUT2D eigenvalue weighted by atomic mass is 10.0. The molecule has 1 aliphatic heterocycles. The molecule has 0 saturated carbocycles. The molecule has 0 amide bonds. The van der Waals surface area contributed by atoms with Gasteiger partial charge in [0.25, 0.3) is 0 Å². The van der Waals surface area contributed by atoms with Gasteiger partial charge in [-0.25, -0.2) is 4.39 Å². The fraction of sp³-hybridized carbons (Fsp3) is 0.625. The van der Waals surface area contributed by atoms with Gasteiger partial charge in [0.1, 0.15) is 5.82 Å². The molecule has 2 N–H and O–H groups in total. The average molecular weight is 280 g/mol. The van der Waals surface area contributed by atoms with E-state index < -0.39 is 0 Å². The van der Waals surface area contributed by atoms with Crippen molar-refractivity contribution in [2.45, 2.75) is 32.2 Å². The highest BCUT2D eigenvalue weighted by atomic mass is 19.1. The van der Waals surface area contributed by atoms with Crippen LogP contribution in [0.2, 0.25) is 0 Å². The zero-order chi connectivity index (χ0) is 14.5. The van der Waals surface area contributed by atoms with Crippen LogP contribution in [0.4, 0.5) is 10.1 Å². The summed E-state index contributed by atoms with van der Waals surface area (Å²) in [5.41, 5.74) is 7.78. The first kappa shape index (κ1) is 15.3. The van der Waals surface area contributed by atoms with E-state index in [9.17, 15) is 4.39 Å². The first-order valence-corrected chi connectivity index (χ1v) is 7.42. The molecule has 1 fully saturated rings. The normalized spacial score (nSPS) is 20.4. The van der Waals surface area contributed by atoms with E-state index in [1.165, 1.54) is 6.07 Å². The van der Waals surface area contributed by atoms with Crippen molar-refractivity contribution in [3.05, 3.63) is 29.6 Å². The largest absolute Gasteiger partial charge is 0.384 e. The number of nitrogens with zero attached hydrogens (tertiary/aromatic N) is 1. The number of methoxy groups -OCH3 is 1. The van der Waals surface area contributed by atoms with Gasteiger partial charge in [-0.1, -0.05) is 13.0 Å². The smallest absolute Gasteiger partial charge is 0.128 e. The number of ether oxygens (including phenoxy) is 1. The van der Waals surface area contributed by atoms with Gasteiger partial charge < -0.3 is 15.4 Å². The molecule has 3 nitrogen and oxygen atoms in total. The van der Waals surface area contributed by atoms with Crippen LogP contribution in [0.25, 0.3) is 0 Å². The van der Waals surface area contributed by atoms with Gasteiger partial charge in [-0.05, 0) is 31.4 Å². The monoisotopic (exact) mass is 280 g/mol. The van der Waals surface area contributed by atoms with Crippen molar-refractivity contribution in [3.63, 3.8) is 0 Å². The number of hydrogen-bond donors (Lipinski definition) is 1. The van der Waals surface area contributed by atoms with E-state index in [-0.39, 0.29) is 11.9 Å². The predicted octanol–water partition coefficient (Wildman–Crippen LogP) is 2.58. The summed E-state index contributed by atoms with van der Waals surface area (Å²) in [6.45, 7) is 4.71. The molecule has 1 aromatic rings. The van der Waals surface area contributed by atoms with Gasteiger partial charge in [0.2, 0.25) is 0 Å². The second-order valence-corrected chi connectivity index (χ2v) is 5.67. The Morgan fingerprint density at radius 3 is 3.00 bits per heavy atom. The van der Waals surface area contributed by atoms with E-state index in [0.717, 1.165) is 43.8 Å². The molecule has 4 heteroatoms. The molecule has 1 aliphatic rings. The zero-order valence-electron chi connectivity index (χ0n) is 12.4. The summed E-state index contributed by atoms with van der Waals surface area (Å²) in [5, 5.41) is 0. The fourth-order valence-corrected chi connectivity index (χ4v) is 2.88. The Balaban J connectivity index is 2.17. The van der Waals surface area contributed by atoms with Crippen LogP contribution in [0.3, 0.4) is 0 Å². The lowest BCUT2D eigenvalue weighted by molar-refractivity contribution is 0.161. The number of hydrogen-bond acceptors (Lipinski definition) is 3. The van der Waals surface area contributed by atoms with E-state index in [2.05, 4.69) is 4.90 Å². The molecule has 2 atom stereocenters. The van der Waals surface area contributed by atoms with Crippen LogP contribution in [0.15, 0.2) is 18.2 Å². The van der Waals surface area contributed by atoms with E-state index in [4.69, 9.17) is 10.5 Å².